The summed E-state index contributed by atoms with van der Waals surface area (Å²) >= 11 is 0. The number of aliphatic hydroxyl groups is 2. The van der Waals surface area contributed by atoms with Crippen LogP contribution in [0.15, 0.2) is 0 Å². The first-order chi connectivity index (χ1) is 6.56. The molecule has 0 saturated carbocycles. The Labute approximate surface area is 84.8 Å². The molecule has 0 aliphatic carbocycles. The maximum atomic E-state index is 9.61. The normalized spacial score (nSPS) is 39.0. The van der Waals surface area contributed by atoms with Crippen molar-refractivity contribution in [1.29, 1.82) is 0 Å². The fourth-order valence-corrected chi connectivity index (χ4v) is 1.72. The maximum Gasteiger partial charge on any atom is 0.110 e. The zero-order valence-electron chi connectivity index (χ0n) is 9.01. The molecule has 14 heavy (non-hydrogen) atoms. The second-order valence-corrected chi connectivity index (χ2v) is 4.21. The van der Waals surface area contributed by atoms with E-state index in [9.17, 15) is 10.2 Å². The molecule has 0 radical (unpaired) electrons. The molecule has 1 heterocycles. The van der Waals surface area contributed by atoms with Gasteiger partial charge in [-0.1, -0.05) is 13.8 Å². The van der Waals surface area contributed by atoms with Crippen molar-refractivity contribution in [1.82, 2.24) is 0 Å². The third-order valence-corrected chi connectivity index (χ3v) is 2.67. The minimum atomic E-state index is -0.829. The van der Waals surface area contributed by atoms with Gasteiger partial charge in [0.05, 0.1) is 18.8 Å². The van der Waals surface area contributed by atoms with Crippen molar-refractivity contribution in [3.63, 3.8) is 0 Å². The van der Waals surface area contributed by atoms with Crippen LogP contribution >= 0.6 is 0 Å². The Hall–Kier alpha value is -0.160. The SMILES string of the molecule is COC[C@H]1O[C@@H](C(C)C)C[C@@H](O)[C@@H]1O. The number of hydrogen-bond acceptors (Lipinski definition) is 4. The van der Waals surface area contributed by atoms with E-state index < -0.39 is 18.3 Å². The minimum absolute atomic E-state index is 0.00792. The fraction of sp³-hybridized carbons (Fsp3) is 1.00. The molecule has 0 aromatic rings. The zero-order chi connectivity index (χ0) is 10.7. The van der Waals surface area contributed by atoms with Crippen LogP contribution in [0.5, 0.6) is 0 Å². The van der Waals surface area contributed by atoms with Crippen LogP contribution in [0.2, 0.25) is 0 Å². The van der Waals surface area contributed by atoms with E-state index in [-0.39, 0.29) is 6.10 Å². The van der Waals surface area contributed by atoms with Crippen LogP contribution in [-0.4, -0.2) is 48.3 Å². The summed E-state index contributed by atoms with van der Waals surface area (Å²) in [5, 5.41) is 19.2. The largest absolute Gasteiger partial charge is 0.390 e. The highest BCUT2D eigenvalue weighted by atomic mass is 16.5. The van der Waals surface area contributed by atoms with Gasteiger partial charge in [-0.3, -0.25) is 0 Å². The quantitative estimate of drug-likeness (QED) is 0.688. The Kier molecular flexibility index (Phi) is 4.31. The minimum Gasteiger partial charge on any atom is -0.390 e. The van der Waals surface area contributed by atoms with Gasteiger partial charge in [-0.25, -0.2) is 0 Å². The highest BCUT2D eigenvalue weighted by Crippen LogP contribution is 2.25. The van der Waals surface area contributed by atoms with Crippen molar-refractivity contribution in [3.05, 3.63) is 0 Å². The molecular formula is C10H20O4. The van der Waals surface area contributed by atoms with Crippen LogP contribution in [0.3, 0.4) is 0 Å². The van der Waals surface area contributed by atoms with Gasteiger partial charge in [0.15, 0.2) is 0 Å². The summed E-state index contributed by atoms with van der Waals surface area (Å²) in [6.45, 7) is 4.40. The fourth-order valence-electron chi connectivity index (χ4n) is 1.72. The number of ether oxygens (including phenoxy) is 2. The van der Waals surface area contributed by atoms with Gasteiger partial charge in [0.25, 0.3) is 0 Å². The standard InChI is InChI=1S/C10H20O4/c1-6(2)8-4-7(11)10(12)9(14-8)5-13-3/h6-12H,4-5H2,1-3H3/t7-,8-,9-,10+/m1/s1. The number of aliphatic hydroxyl groups excluding tert-OH is 2. The van der Waals surface area contributed by atoms with Crippen LogP contribution in [-0.2, 0) is 9.47 Å². The van der Waals surface area contributed by atoms with Crippen molar-refractivity contribution >= 4 is 0 Å². The monoisotopic (exact) mass is 204 g/mol. The molecule has 1 fully saturated rings. The van der Waals surface area contributed by atoms with E-state index in [1.165, 1.54) is 0 Å². The van der Waals surface area contributed by atoms with Crippen LogP contribution in [0.25, 0.3) is 0 Å². The predicted molar refractivity (Wildman–Crippen MR) is 52.0 cm³/mol. The van der Waals surface area contributed by atoms with Crippen molar-refractivity contribution in [2.75, 3.05) is 13.7 Å². The van der Waals surface area contributed by atoms with E-state index in [1.807, 2.05) is 13.8 Å². The maximum absolute atomic E-state index is 9.61. The van der Waals surface area contributed by atoms with Crippen LogP contribution in [0.4, 0.5) is 0 Å². The van der Waals surface area contributed by atoms with E-state index in [4.69, 9.17) is 9.47 Å². The molecule has 0 spiro atoms. The second-order valence-electron chi connectivity index (χ2n) is 4.21. The molecule has 0 aromatic carbocycles. The van der Waals surface area contributed by atoms with E-state index in [0.29, 0.717) is 18.9 Å². The molecule has 0 bridgehead atoms. The van der Waals surface area contributed by atoms with Gasteiger partial charge < -0.3 is 19.7 Å². The molecule has 1 aliphatic rings. The highest BCUT2D eigenvalue weighted by Gasteiger charge is 2.37. The lowest BCUT2D eigenvalue weighted by Crippen LogP contribution is -2.51. The molecule has 1 rings (SSSR count). The van der Waals surface area contributed by atoms with Gasteiger partial charge in [0.2, 0.25) is 0 Å². The van der Waals surface area contributed by atoms with Gasteiger partial charge in [-0.2, -0.15) is 0 Å². The molecule has 1 aliphatic heterocycles. The summed E-state index contributed by atoms with van der Waals surface area (Å²) in [4.78, 5) is 0. The van der Waals surface area contributed by atoms with Gasteiger partial charge >= 0.3 is 0 Å². The lowest BCUT2D eigenvalue weighted by molar-refractivity contribution is -0.191. The van der Waals surface area contributed by atoms with E-state index in [0.717, 1.165) is 0 Å². The third-order valence-electron chi connectivity index (χ3n) is 2.67. The molecule has 1 saturated heterocycles. The van der Waals surface area contributed by atoms with E-state index in [1.54, 1.807) is 7.11 Å². The van der Waals surface area contributed by atoms with Crippen molar-refractivity contribution in [2.24, 2.45) is 5.92 Å². The predicted octanol–water partition coefficient (Wildman–Crippen LogP) is 0.168. The van der Waals surface area contributed by atoms with E-state index >= 15 is 0 Å². The van der Waals surface area contributed by atoms with Crippen molar-refractivity contribution in [3.8, 4) is 0 Å². The van der Waals surface area contributed by atoms with Crippen molar-refractivity contribution < 1.29 is 19.7 Å². The molecule has 0 unspecified atom stereocenters. The Morgan fingerprint density at radius 1 is 1.43 bits per heavy atom. The Balaban J connectivity index is 2.56. The molecule has 4 atom stereocenters. The van der Waals surface area contributed by atoms with Crippen LogP contribution in [0.1, 0.15) is 20.3 Å². The summed E-state index contributed by atoms with van der Waals surface area (Å²) < 4.78 is 10.6. The summed E-state index contributed by atoms with van der Waals surface area (Å²) in [7, 11) is 1.56. The molecule has 2 N–H and O–H groups in total. The Morgan fingerprint density at radius 2 is 2.07 bits per heavy atom. The zero-order valence-corrected chi connectivity index (χ0v) is 9.01. The topological polar surface area (TPSA) is 58.9 Å². The lowest BCUT2D eigenvalue weighted by atomic mass is 9.92. The first kappa shape index (κ1) is 11.9. The van der Waals surface area contributed by atoms with E-state index in [2.05, 4.69) is 0 Å². The number of methoxy groups -OCH3 is 1. The summed E-state index contributed by atoms with van der Waals surface area (Å²) in [5.41, 5.74) is 0. The number of hydrogen-bond donors (Lipinski definition) is 2. The van der Waals surface area contributed by atoms with Gasteiger partial charge in [-0.15, -0.1) is 0 Å². The summed E-state index contributed by atoms with van der Waals surface area (Å²) in [6.07, 6.45) is -1.43. The van der Waals surface area contributed by atoms with Crippen molar-refractivity contribution in [2.45, 2.75) is 44.7 Å². The lowest BCUT2D eigenvalue weighted by Gasteiger charge is -2.38. The Morgan fingerprint density at radius 3 is 2.57 bits per heavy atom. The number of rotatable bonds is 3. The van der Waals surface area contributed by atoms with Crippen LogP contribution in [0, 0.1) is 5.92 Å². The molecule has 0 amide bonds. The molecule has 4 nitrogen and oxygen atoms in total. The first-order valence-corrected chi connectivity index (χ1v) is 5.06. The molecule has 84 valence electrons. The van der Waals surface area contributed by atoms with Gasteiger partial charge in [0.1, 0.15) is 12.2 Å². The summed E-state index contributed by atoms with van der Waals surface area (Å²) in [5.74, 6) is 0.344. The smallest absolute Gasteiger partial charge is 0.110 e. The van der Waals surface area contributed by atoms with Crippen LogP contribution < -0.4 is 0 Å². The Bertz CT molecular complexity index is 172. The average molecular weight is 204 g/mol. The second kappa shape index (κ2) is 5.07. The van der Waals surface area contributed by atoms with Gasteiger partial charge in [-0.05, 0) is 5.92 Å². The average Bonchev–Trinajstić information content (AvgIpc) is 2.12. The molecule has 0 aromatic heterocycles. The first-order valence-electron chi connectivity index (χ1n) is 5.06. The van der Waals surface area contributed by atoms with Gasteiger partial charge in [0, 0.05) is 13.5 Å². The summed E-state index contributed by atoms with van der Waals surface area (Å²) in [6, 6.07) is 0. The molecular weight excluding hydrogens is 184 g/mol. The third kappa shape index (κ3) is 2.67. The molecule has 4 heteroatoms. The highest BCUT2D eigenvalue weighted by molar-refractivity contribution is 4.86.